The molecule has 2 atom stereocenters. The molecule has 0 N–H and O–H groups in total. The Bertz CT molecular complexity index is 273. The SMILES string of the molecule is O=C(C(F)(F)S(=O)[O-])C(F)(F)S(=O)[O-]. The average Bonchev–Trinajstić information content (AvgIpc) is 2.02. The van der Waals surface area contributed by atoms with Gasteiger partial charge in [0, 0.05) is 22.2 Å². The maximum atomic E-state index is 12.1. The van der Waals surface area contributed by atoms with Crippen LogP contribution >= 0.6 is 0 Å². The van der Waals surface area contributed by atoms with E-state index in [0.29, 0.717) is 0 Å². The summed E-state index contributed by atoms with van der Waals surface area (Å²) in [6.07, 6.45) is 0. The van der Waals surface area contributed by atoms with E-state index in [1.807, 2.05) is 0 Å². The predicted octanol–water partition coefficient (Wildman–Crippen LogP) is -0.501. The Morgan fingerprint density at radius 1 is 0.929 bits per heavy atom. The van der Waals surface area contributed by atoms with E-state index in [9.17, 15) is 39.9 Å². The number of hydrogen-bond donors (Lipinski definition) is 0. The summed E-state index contributed by atoms with van der Waals surface area (Å²) < 4.78 is 86.8. The number of carbonyl (C=O) groups is 1. The van der Waals surface area contributed by atoms with E-state index in [1.165, 1.54) is 0 Å². The van der Waals surface area contributed by atoms with Crippen LogP contribution in [0.15, 0.2) is 0 Å². The Labute approximate surface area is 79.0 Å². The van der Waals surface area contributed by atoms with Gasteiger partial charge in [0.25, 0.3) is 5.78 Å². The van der Waals surface area contributed by atoms with Gasteiger partial charge in [0.15, 0.2) is 0 Å². The van der Waals surface area contributed by atoms with Crippen LogP contribution in [0.5, 0.6) is 0 Å². The minimum absolute atomic E-state index is 3.51. The molecular formula is C3F4O5S2-2. The number of alkyl halides is 4. The van der Waals surface area contributed by atoms with Crippen molar-refractivity contribution in [3.8, 4) is 0 Å². The molecule has 0 rings (SSSR count). The molecule has 0 aliphatic rings. The van der Waals surface area contributed by atoms with Crippen LogP contribution in [-0.4, -0.2) is 33.8 Å². The third-order valence-corrected chi connectivity index (χ3v) is 2.16. The van der Waals surface area contributed by atoms with E-state index < -0.39 is 38.5 Å². The lowest BCUT2D eigenvalue weighted by Gasteiger charge is -2.23. The number of carbonyl (C=O) groups excluding carboxylic acids is 1. The zero-order valence-corrected chi connectivity index (χ0v) is 7.50. The van der Waals surface area contributed by atoms with Crippen molar-refractivity contribution >= 4 is 27.9 Å². The molecule has 0 aliphatic heterocycles. The van der Waals surface area contributed by atoms with Gasteiger partial charge in [-0.1, -0.05) is 0 Å². The molecule has 0 spiro atoms. The van der Waals surface area contributed by atoms with Crippen molar-refractivity contribution in [2.45, 2.75) is 10.5 Å². The van der Waals surface area contributed by atoms with Gasteiger partial charge < -0.3 is 9.11 Å². The van der Waals surface area contributed by atoms with Crippen molar-refractivity contribution < 1.29 is 39.9 Å². The standard InChI is InChI=1S/C3H2F4O5S2/c4-2(5,13(9)10)1(8)3(6,7)14(11)12/h(H,9,10)(H,11,12)/p-2. The van der Waals surface area contributed by atoms with Gasteiger partial charge in [0.2, 0.25) is 0 Å². The van der Waals surface area contributed by atoms with E-state index in [1.54, 1.807) is 0 Å². The molecule has 0 saturated carbocycles. The van der Waals surface area contributed by atoms with Gasteiger partial charge in [-0.3, -0.25) is 13.2 Å². The molecule has 0 fully saturated rings. The van der Waals surface area contributed by atoms with Crippen LogP contribution in [0, 0.1) is 0 Å². The molecule has 0 aromatic carbocycles. The first-order valence-corrected chi connectivity index (χ1v) is 4.68. The molecular weight excluding hydrogens is 256 g/mol. The first-order chi connectivity index (χ1) is 6.04. The van der Waals surface area contributed by atoms with Crippen molar-refractivity contribution in [1.82, 2.24) is 0 Å². The van der Waals surface area contributed by atoms with E-state index in [4.69, 9.17) is 0 Å². The van der Waals surface area contributed by atoms with Gasteiger partial charge in [0.1, 0.15) is 0 Å². The maximum Gasteiger partial charge on any atom is 0.373 e. The van der Waals surface area contributed by atoms with Crippen LogP contribution in [0.4, 0.5) is 17.6 Å². The van der Waals surface area contributed by atoms with Gasteiger partial charge >= 0.3 is 10.5 Å². The highest BCUT2D eigenvalue weighted by molar-refractivity contribution is 7.83. The summed E-state index contributed by atoms with van der Waals surface area (Å²) >= 11 is -8.91. The minimum Gasteiger partial charge on any atom is -0.768 e. The summed E-state index contributed by atoms with van der Waals surface area (Å²) in [7, 11) is 0. The molecule has 0 aliphatic carbocycles. The molecule has 0 amide bonds. The van der Waals surface area contributed by atoms with Crippen molar-refractivity contribution in [2.75, 3.05) is 0 Å². The lowest BCUT2D eigenvalue weighted by Crippen LogP contribution is -2.47. The first-order valence-electron chi connectivity index (χ1n) is 2.53. The zero-order valence-electron chi connectivity index (χ0n) is 5.87. The normalized spacial score (nSPS) is 17.6. The number of hydrogen-bond acceptors (Lipinski definition) is 5. The monoisotopic (exact) mass is 256 g/mol. The van der Waals surface area contributed by atoms with Gasteiger partial charge in [-0.2, -0.15) is 17.6 Å². The quantitative estimate of drug-likeness (QED) is 0.499. The summed E-state index contributed by atoms with van der Waals surface area (Å²) in [5, 5.41) is -10.9. The number of rotatable bonds is 4. The fraction of sp³-hybridized carbons (Fsp3) is 0.667. The minimum atomic E-state index is -5.44. The summed E-state index contributed by atoms with van der Waals surface area (Å²) in [6.45, 7) is 0. The van der Waals surface area contributed by atoms with Crippen LogP contribution < -0.4 is 0 Å². The predicted molar refractivity (Wildman–Crippen MR) is 32.7 cm³/mol. The van der Waals surface area contributed by atoms with Crippen LogP contribution in [0.2, 0.25) is 0 Å². The second-order valence-corrected chi connectivity index (χ2v) is 3.80. The topological polar surface area (TPSA) is 97.3 Å². The van der Waals surface area contributed by atoms with Crippen molar-refractivity contribution in [3.63, 3.8) is 0 Å². The summed E-state index contributed by atoms with van der Waals surface area (Å²) in [5.41, 5.74) is 0. The molecule has 0 radical (unpaired) electrons. The molecule has 0 aromatic heterocycles. The molecule has 84 valence electrons. The van der Waals surface area contributed by atoms with Gasteiger partial charge in [-0.05, 0) is 0 Å². The second-order valence-electron chi connectivity index (χ2n) is 1.83. The Morgan fingerprint density at radius 3 is 1.29 bits per heavy atom. The molecule has 0 aromatic rings. The second kappa shape index (κ2) is 4.00. The first kappa shape index (κ1) is 13.6. The molecule has 5 nitrogen and oxygen atoms in total. The van der Waals surface area contributed by atoms with E-state index in [2.05, 4.69) is 0 Å². The van der Waals surface area contributed by atoms with E-state index in [0.717, 1.165) is 0 Å². The molecule has 11 heteroatoms. The fourth-order valence-corrected chi connectivity index (χ4v) is 0.945. The third kappa shape index (κ3) is 2.34. The fourth-order valence-electron chi connectivity index (χ4n) is 0.321. The zero-order chi connectivity index (χ0) is 11.7. The summed E-state index contributed by atoms with van der Waals surface area (Å²) in [4.78, 5) is 10.1. The van der Waals surface area contributed by atoms with Crippen LogP contribution in [-0.2, 0) is 27.0 Å². The van der Waals surface area contributed by atoms with Crippen LogP contribution in [0.1, 0.15) is 0 Å². The Morgan fingerprint density at radius 2 is 1.14 bits per heavy atom. The number of Topliss-reactive ketones (excluding diaryl/α,β-unsaturated/α-hetero) is 1. The van der Waals surface area contributed by atoms with Crippen molar-refractivity contribution in [1.29, 1.82) is 0 Å². The Hall–Kier alpha value is -0.390. The van der Waals surface area contributed by atoms with E-state index >= 15 is 0 Å². The van der Waals surface area contributed by atoms with Crippen LogP contribution in [0.3, 0.4) is 0 Å². The van der Waals surface area contributed by atoms with Crippen molar-refractivity contribution in [2.24, 2.45) is 0 Å². The molecule has 0 heterocycles. The Kier molecular flexibility index (Phi) is 3.89. The van der Waals surface area contributed by atoms with Gasteiger partial charge in [0.05, 0.1) is 0 Å². The van der Waals surface area contributed by atoms with Gasteiger partial charge in [-0.25, -0.2) is 0 Å². The number of halogens is 4. The molecule has 14 heavy (non-hydrogen) atoms. The molecule has 0 saturated heterocycles. The number of ketones is 1. The molecule has 2 unspecified atom stereocenters. The highest BCUT2D eigenvalue weighted by atomic mass is 32.2. The third-order valence-electron chi connectivity index (χ3n) is 0.947. The summed E-state index contributed by atoms with van der Waals surface area (Å²) in [5.74, 6) is -3.51. The lowest BCUT2D eigenvalue weighted by molar-refractivity contribution is -0.149. The van der Waals surface area contributed by atoms with Gasteiger partial charge in [-0.15, -0.1) is 0 Å². The van der Waals surface area contributed by atoms with Crippen molar-refractivity contribution in [3.05, 3.63) is 0 Å². The average molecular weight is 256 g/mol. The highest BCUT2D eigenvalue weighted by Gasteiger charge is 2.56. The highest BCUT2D eigenvalue weighted by Crippen LogP contribution is 2.30. The van der Waals surface area contributed by atoms with Crippen LogP contribution in [0.25, 0.3) is 0 Å². The summed E-state index contributed by atoms with van der Waals surface area (Å²) in [6, 6.07) is 0. The lowest BCUT2D eigenvalue weighted by atomic mass is 10.4. The van der Waals surface area contributed by atoms with E-state index in [-0.39, 0.29) is 0 Å². The smallest absolute Gasteiger partial charge is 0.373 e. The molecule has 0 bridgehead atoms. The largest absolute Gasteiger partial charge is 0.768 e. The maximum absolute atomic E-state index is 12.1. The Balaban J connectivity index is 5.16.